The molecule has 7 heteroatoms. The number of esters is 1. The number of carbonyl (C=O) groups is 1. The van der Waals surface area contributed by atoms with Crippen molar-refractivity contribution in [2.75, 3.05) is 11.5 Å². The van der Waals surface area contributed by atoms with E-state index in [9.17, 15) is 13.2 Å². The Bertz CT molecular complexity index is 807. The zero-order valence-corrected chi connectivity index (χ0v) is 15.9. The van der Waals surface area contributed by atoms with Crippen molar-refractivity contribution < 1.29 is 17.9 Å². The highest BCUT2D eigenvalue weighted by molar-refractivity contribution is 9.10. The maximum absolute atomic E-state index is 12.0. The Morgan fingerprint density at radius 3 is 2.50 bits per heavy atom. The average molecular weight is 432 g/mol. The Labute approximate surface area is 154 Å². The van der Waals surface area contributed by atoms with Gasteiger partial charge in [0, 0.05) is 4.47 Å². The third-order valence-electron chi connectivity index (χ3n) is 3.22. The molecule has 0 saturated carbocycles. The monoisotopic (exact) mass is 430 g/mol. The fourth-order valence-corrected chi connectivity index (χ4v) is 3.96. The Kier molecular flexibility index (Phi) is 6.83. The number of carbonyl (C=O) groups excluding carboxylic acids is 1. The number of rotatable bonds is 7. The van der Waals surface area contributed by atoms with Gasteiger partial charge in [0.25, 0.3) is 0 Å². The highest BCUT2D eigenvalue weighted by Crippen LogP contribution is 2.27. The number of sulfone groups is 1. The minimum absolute atomic E-state index is 0.0644. The topological polar surface area (TPSA) is 60.4 Å². The van der Waals surface area contributed by atoms with Gasteiger partial charge in [-0.1, -0.05) is 57.9 Å². The predicted molar refractivity (Wildman–Crippen MR) is 98.2 cm³/mol. The first-order valence-corrected chi connectivity index (χ1v) is 10.2. The van der Waals surface area contributed by atoms with Crippen LogP contribution in [0.3, 0.4) is 0 Å². The van der Waals surface area contributed by atoms with Gasteiger partial charge < -0.3 is 4.74 Å². The van der Waals surface area contributed by atoms with E-state index in [0.717, 1.165) is 10.0 Å². The van der Waals surface area contributed by atoms with Gasteiger partial charge in [-0.25, -0.2) is 8.42 Å². The summed E-state index contributed by atoms with van der Waals surface area (Å²) in [5, 5.41) is 0.235. The molecule has 2 rings (SSSR count). The molecular formula is C17H16BrClO4S. The molecule has 4 nitrogen and oxygen atoms in total. The van der Waals surface area contributed by atoms with Crippen LogP contribution >= 0.6 is 27.5 Å². The summed E-state index contributed by atoms with van der Waals surface area (Å²) in [7, 11) is -3.52. The van der Waals surface area contributed by atoms with Gasteiger partial charge in [-0.05, 0) is 36.6 Å². The number of aryl methyl sites for hydroxylation is 1. The Balaban J connectivity index is 1.85. The molecule has 0 saturated heterocycles. The molecule has 0 aliphatic rings. The van der Waals surface area contributed by atoms with E-state index in [1.165, 1.54) is 6.07 Å². The molecule has 24 heavy (non-hydrogen) atoms. The van der Waals surface area contributed by atoms with Crippen LogP contribution in [0.4, 0.5) is 0 Å². The van der Waals surface area contributed by atoms with Crippen molar-refractivity contribution in [3.8, 4) is 5.75 Å². The lowest BCUT2D eigenvalue weighted by Crippen LogP contribution is -2.23. The van der Waals surface area contributed by atoms with Crippen molar-refractivity contribution in [2.24, 2.45) is 0 Å². The Hall–Kier alpha value is -1.37. The zero-order chi connectivity index (χ0) is 17.6. The number of ether oxygens (including phenoxy) is 1. The van der Waals surface area contributed by atoms with Crippen LogP contribution in [-0.4, -0.2) is 25.9 Å². The van der Waals surface area contributed by atoms with Crippen LogP contribution in [0.2, 0.25) is 5.02 Å². The molecule has 0 atom stereocenters. The van der Waals surface area contributed by atoms with Crippen molar-refractivity contribution in [3.05, 3.63) is 63.6 Å². The SMILES string of the molecule is O=C(CS(=O)(=O)CCCc1ccccc1)Oc1ccc(Br)cc1Cl. The maximum atomic E-state index is 12.0. The molecule has 0 heterocycles. The van der Waals surface area contributed by atoms with Crippen LogP contribution < -0.4 is 4.74 Å². The standard InChI is InChI=1S/C17H16BrClO4S/c18-14-8-9-16(15(19)11-14)23-17(20)12-24(21,22)10-4-7-13-5-2-1-3-6-13/h1-3,5-6,8-9,11H,4,7,10,12H2. The molecule has 0 unspecified atom stereocenters. The van der Waals surface area contributed by atoms with Gasteiger partial charge in [-0.3, -0.25) is 4.79 Å². The van der Waals surface area contributed by atoms with Crippen LogP contribution in [0, 0.1) is 0 Å². The molecule has 128 valence electrons. The van der Waals surface area contributed by atoms with Gasteiger partial charge in [-0.2, -0.15) is 0 Å². The van der Waals surface area contributed by atoms with Crippen molar-refractivity contribution in [1.82, 2.24) is 0 Å². The summed E-state index contributed by atoms with van der Waals surface area (Å²) in [5.74, 6) is -1.41. The highest BCUT2D eigenvalue weighted by atomic mass is 79.9. The molecule has 0 spiro atoms. The summed E-state index contributed by atoms with van der Waals surface area (Å²) in [6.07, 6.45) is 1.10. The average Bonchev–Trinajstić information content (AvgIpc) is 2.50. The second-order valence-corrected chi connectivity index (χ2v) is 8.74. The zero-order valence-electron chi connectivity index (χ0n) is 12.7. The summed E-state index contributed by atoms with van der Waals surface area (Å²) in [4.78, 5) is 11.8. The molecule has 0 aromatic heterocycles. The number of hydrogen-bond acceptors (Lipinski definition) is 4. The van der Waals surface area contributed by atoms with Crippen LogP contribution in [0.1, 0.15) is 12.0 Å². The Morgan fingerprint density at radius 2 is 1.83 bits per heavy atom. The summed E-state index contributed by atoms with van der Waals surface area (Å²) < 4.78 is 29.8. The molecule has 0 fully saturated rings. The smallest absolute Gasteiger partial charge is 0.326 e. The van der Waals surface area contributed by atoms with E-state index in [-0.39, 0.29) is 16.5 Å². The molecule has 0 radical (unpaired) electrons. The first-order chi connectivity index (χ1) is 11.4. The first kappa shape index (κ1) is 19.0. The van der Waals surface area contributed by atoms with Crippen molar-refractivity contribution in [1.29, 1.82) is 0 Å². The minimum Gasteiger partial charge on any atom is -0.424 e. The predicted octanol–water partition coefficient (Wildman–Crippen LogP) is 4.06. The third kappa shape index (κ3) is 6.26. The van der Waals surface area contributed by atoms with Crippen molar-refractivity contribution in [3.63, 3.8) is 0 Å². The summed E-state index contributed by atoms with van der Waals surface area (Å²) in [6.45, 7) is 0. The van der Waals surface area contributed by atoms with Crippen LogP contribution in [0.15, 0.2) is 53.0 Å². The van der Waals surface area contributed by atoms with Crippen molar-refractivity contribution in [2.45, 2.75) is 12.8 Å². The number of hydrogen-bond donors (Lipinski definition) is 0. The van der Waals surface area contributed by atoms with Gasteiger partial charge in [0.1, 0.15) is 11.5 Å². The van der Waals surface area contributed by atoms with Gasteiger partial charge >= 0.3 is 5.97 Å². The fraction of sp³-hybridized carbons (Fsp3) is 0.235. The lowest BCUT2D eigenvalue weighted by Gasteiger charge is -2.07. The molecule has 0 aliphatic heterocycles. The molecular weight excluding hydrogens is 416 g/mol. The molecule has 0 bridgehead atoms. The molecule has 2 aromatic rings. The Morgan fingerprint density at radius 1 is 1.12 bits per heavy atom. The van der Waals surface area contributed by atoms with Gasteiger partial charge in [0.05, 0.1) is 10.8 Å². The second kappa shape index (κ2) is 8.65. The van der Waals surface area contributed by atoms with E-state index in [1.807, 2.05) is 30.3 Å². The van der Waals surface area contributed by atoms with E-state index in [0.29, 0.717) is 12.8 Å². The second-order valence-electron chi connectivity index (χ2n) is 5.23. The molecule has 2 aromatic carbocycles. The molecule has 0 N–H and O–H groups in total. The highest BCUT2D eigenvalue weighted by Gasteiger charge is 2.19. The fourth-order valence-electron chi connectivity index (χ4n) is 2.10. The van der Waals surface area contributed by atoms with E-state index in [2.05, 4.69) is 15.9 Å². The lowest BCUT2D eigenvalue weighted by molar-refractivity contribution is -0.131. The van der Waals surface area contributed by atoms with E-state index in [4.69, 9.17) is 16.3 Å². The largest absolute Gasteiger partial charge is 0.424 e. The molecule has 0 amide bonds. The van der Waals surface area contributed by atoms with Crippen LogP contribution in [0.25, 0.3) is 0 Å². The van der Waals surface area contributed by atoms with Crippen molar-refractivity contribution >= 4 is 43.3 Å². The molecule has 0 aliphatic carbocycles. The lowest BCUT2D eigenvalue weighted by atomic mass is 10.1. The number of halogens is 2. The first-order valence-electron chi connectivity index (χ1n) is 7.26. The van der Waals surface area contributed by atoms with E-state index in [1.54, 1.807) is 12.1 Å². The number of benzene rings is 2. The van der Waals surface area contributed by atoms with E-state index >= 15 is 0 Å². The van der Waals surface area contributed by atoms with Crippen LogP contribution in [0.5, 0.6) is 5.75 Å². The van der Waals surface area contributed by atoms with Crippen LogP contribution in [-0.2, 0) is 21.1 Å². The minimum atomic E-state index is -3.52. The third-order valence-corrected chi connectivity index (χ3v) is 5.59. The summed E-state index contributed by atoms with van der Waals surface area (Å²) >= 11 is 9.18. The van der Waals surface area contributed by atoms with Gasteiger partial charge in [0.15, 0.2) is 9.84 Å². The summed E-state index contributed by atoms with van der Waals surface area (Å²) in [6, 6.07) is 14.3. The van der Waals surface area contributed by atoms with Gasteiger partial charge in [0.2, 0.25) is 0 Å². The maximum Gasteiger partial charge on any atom is 0.326 e. The normalized spacial score (nSPS) is 11.2. The quantitative estimate of drug-likeness (QED) is 0.490. The van der Waals surface area contributed by atoms with Gasteiger partial charge in [-0.15, -0.1) is 0 Å². The van der Waals surface area contributed by atoms with E-state index < -0.39 is 21.6 Å². The summed E-state index contributed by atoms with van der Waals surface area (Å²) in [5.41, 5.74) is 1.07.